The van der Waals surface area contributed by atoms with Crippen molar-refractivity contribution in [2.24, 2.45) is 5.14 Å². The number of nitriles is 1. The Morgan fingerprint density at radius 2 is 1.71 bits per heavy atom. The van der Waals surface area contributed by atoms with Crippen molar-refractivity contribution >= 4 is 15.7 Å². The third-order valence-corrected chi connectivity index (χ3v) is 5.03. The van der Waals surface area contributed by atoms with Crippen LogP contribution in [0.5, 0.6) is 5.75 Å². The van der Waals surface area contributed by atoms with Crippen molar-refractivity contribution < 1.29 is 13.2 Å². The molecule has 0 spiro atoms. The van der Waals surface area contributed by atoms with Gasteiger partial charge in [0.25, 0.3) is 0 Å². The zero-order valence-corrected chi connectivity index (χ0v) is 15.8. The number of sulfonamides is 1. The summed E-state index contributed by atoms with van der Waals surface area (Å²) in [5.41, 5.74) is 2.70. The summed E-state index contributed by atoms with van der Waals surface area (Å²) >= 11 is 0. The third-order valence-electron chi connectivity index (χ3n) is 4.12. The van der Waals surface area contributed by atoms with Gasteiger partial charge in [-0.05, 0) is 29.8 Å². The van der Waals surface area contributed by atoms with E-state index in [0.29, 0.717) is 18.8 Å². The van der Waals surface area contributed by atoms with Gasteiger partial charge in [-0.1, -0.05) is 48.5 Å². The highest BCUT2D eigenvalue weighted by molar-refractivity contribution is 7.89. The summed E-state index contributed by atoms with van der Waals surface area (Å²) in [4.78, 5) is -0.0961. The molecule has 142 valence electrons. The summed E-state index contributed by atoms with van der Waals surface area (Å²) in [5.74, 6) is 0.735. The average molecular weight is 393 g/mol. The van der Waals surface area contributed by atoms with Crippen molar-refractivity contribution in [2.45, 2.75) is 18.0 Å². The lowest BCUT2D eigenvalue weighted by molar-refractivity contribution is 0.303. The summed E-state index contributed by atoms with van der Waals surface area (Å²) < 4.78 is 28.8. The van der Waals surface area contributed by atoms with Gasteiger partial charge in [-0.15, -0.1) is 0 Å². The van der Waals surface area contributed by atoms with E-state index in [4.69, 9.17) is 9.88 Å². The lowest BCUT2D eigenvalue weighted by Crippen LogP contribution is -2.12. The Morgan fingerprint density at radius 1 is 1.00 bits per heavy atom. The fraction of sp³-hybridized carbons (Fsp3) is 0.0952. The topological polar surface area (TPSA) is 105 Å². The van der Waals surface area contributed by atoms with Crippen LogP contribution in [0.1, 0.15) is 16.7 Å². The third kappa shape index (κ3) is 4.88. The first kappa shape index (κ1) is 19.4. The monoisotopic (exact) mass is 393 g/mol. The Labute approximate surface area is 164 Å². The van der Waals surface area contributed by atoms with Gasteiger partial charge in [0, 0.05) is 12.1 Å². The maximum Gasteiger partial charge on any atom is 0.238 e. The Hall–Kier alpha value is -3.34. The first-order chi connectivity index (χ1) is 13.5. The van der Waals surface area contributed by atoms with Gasteiger partial charge in [-0.25, -0.2) is 13.6 Å². The standard InChI is InChI=1S/C21H19N3O3S/c22-13-18-12-19(28(23,25)26)10-11-20(18)24-14-17-8-4-5-9-21(17)27-15-16-6-2-1-3-7-16/h1-12,24H,14-15H2,(H2,23,25,26). The van der Waals surface area contributed by atoms with Crippen LogP contribution in [-0.2, 0) is 23.2 Å². The van der Waals surface area contributed by atoms with Gasteiger partial charge in [0.1, 0.15) is 18.4 Å². The summed E-state index contributed by atoms with van der Waals surface area (Å²) in [7, 11) is -3.86. The van der Waals surface area contributed by atoms with Crippen LogP contribution in [0.15, 0.2) is 77.7 Å². The molecule has 0 aliphatic heterocycles. The SMILES string of the molecule is N#Cc1cc(S(N)(=O)=O)ccc1NCc1ccccc1OCc1ccccc1. The number of ether oxygens (including phenoxy) is 1. The molecular weight excluding hydrogens is 374 g/mol. The van der Waals surface area contributed by atoms with Crippen LogP contribution in [0.3, 0.4) is 0 Å². The Morgan fingerprint density at radius 3 is 2.43 bits per heavy atom. The Kier molecular flexibility index (Phi) is 5.94. The number of nitrogens with one attached hydrogen (secondary N) is 1. The zero-order valence-electron chi connectivity index (χ0n) is 15.0. The first-order valence-electron chi connectivity index (χ1n) is 8.53. The number of anilines is 1. The number of benzene rings is 3. The van der Waals surface area contributed by atoms with Crippen LogP contribution in [0.2, 0.25) is 0 Å². The van der Waals surface area contributed by atoms with Crippen LogP contribution in [-0.4, -0.2) is 8.42 Å². The predicted octanol–water partition coefficient (Wildman–Crippen LogP) is 3.40. The molecule has 0 fully saturated rings. The van der Waals surface area contributed by atoms with Gasteiger partial charge in [-0.2, -0.15) is 5.26 Å². The quantitative estimate of drug-likeness (QED) is 0.640. The highest BCUT2D eigenvalue weighted by atomic mass is 32.2. The van der Waals surface area contributed by atoms with E-state index in [-0.39, 0.29) is 10.5 Å². The average Bonchev–Trinajstić information content (AvgIpc) is 2.71. The van der Waals surface area contributed by atoms with E-state index in [9.17, 15) is 13.7 Å². The van der Waals surface area contributed by atoms with Crippen LogP contribution < -0.4 is 15.2 Å². The summed E-state index contributed by atoms with van der Waals surface area (Å²) in [6.07, 6.45) is 0. The van der Waals surface area contributed by atoms with Gasteiger partial charge in [-0.3, -0.25) is 0 Å². The van der Waals surface area contributed by atoms with Crippen LogP contribution in [0, 0.1) is 11.3 Å². The first-order valence-corrected chi connectivity index (χ1v) is 10.1. The second kappa shape index (κ2) is 8.57. The molecule has 7 heteroatoms. The number of hydrogen-bond donors (Lipinski definition) is 2. The maximum atomic E-state index is 11.5. The van der Waals surface area contributed by atoms with Crippen molar-refractivity contribution in [3.8, 4) is 11.8 Å². The van der Waals surface area contributed by atoms with E-state index in [1.807, 2.05) is 60.7 Å². The van der Waals surface area contributed by atoms with E-state index in [0.717, 1.165) is 16.9 Å². The number of primary sulfonamides is 1. The second-order valence-electron chi connectivity index (χ2n) is 6.10. The lowest BCUT2D eigenvalue weighted by atomic mass is 10.1. The summed E-state index contributed by atoms with van der Waals surface area (Å²) in [6, 6.07) is 23.6. The molecule has 0 aliphatic carbocycles. The van der Waals surface area contributed by atoms with Gasteiger partial charge in [0.05, 0.1) is 16.1 Å². The minimum absolute atomic E-state index is 0.0961. The largest absolute Gasteiger partial charge is 0.489 e. The van der Waals surface area contributed by atoms with E-state index >= 15 is 0 Å². The number of hydrogen-bond acceptors (Lipinski definition) is 5. The minimum atomic E-state index is -3.86. The normalized spacial score (nSPS) is 10.9. The maximum absolute atomic E-state index is 11.5. The molecule has 0 aromatic heterocycles. The highest BCUT2D eigenvalue weighted by Crippen LogP contribution is 2.23. The van der Waals surface area contributed by atoms with E-state index < -0.39 is 10.0 Å². The van der Waals surface area contributed by atoms with Crippen molar-refractivity contribution in [3.63, 3.8) is 0 Å². The summed E-state index contributed by atoms with van der Waals surface area (Å²) in [5, 5.41) is 17.6. The Bertz CT molecular complexity index is 1110. The smallest absolute Gasteiger partial charge is 0.238 e. The molecule has 0 atom stereocenters. The molecule has 0 aliphatic rings. The van der Waals surface area contributed by atoms with Gasteiger partial charge < -0.3 is 10.1 Å². The molecule has 0 radical (unpaired) electrons. The molecule has 0 unspecified atom stereocenters. The Balaban J connectivity index is 1.74. The van der Waals surface area contributed by atoms with Gasteiger partial charge in [0.15, 0.2) is 0 Å². The fourth-order valence-corrected chi connectivity index (χ4v) is 3.20. The van der Waals surface area contributed by atoms with Crippen LogP contribution in [0.25, 0.3) is 0 Å². The molecule has 3 aromatic rings. The van der Waals surface area contributed by atoms with E-state index in [1.165, 1.54) is 18.2 Å². The second-order valence-corrected chi connectivity index (χ2v) is 7.66. The number of rotatable bonds is 7. The zero-order chi connectivity index (χ0) is 20.0. The van der Waals surface area contributed by atoms with E-state index in [1.54, 1.807) is 0 Å². The molecular formula is C21H19N3O3S. The molecule has 6 nitrogen and oxygen atoms in total. The van der Waals surface area contributed by atoms with Crippen molar-refractivity contribution in [1.29, 1.82) is 5.26 Å². The number of nitrogens with zero attached hydrogens (tertiary/aromatic N) is 1. The van der Waals surface area contributed by atoms with E-state index in [2.05, 4.69) is 5.32 Å². The lowest BCUT2D eigenvalue weighted by Gasteiger charge is -2.14. The molecule has 3 rings (SSSR count). The van der Waals surface area contributed by atoms with Crippen LogP contribution in [0.4, 0.5) is 5.69 Å². The molecule has 0 amide bonds. The fourth-order valence-electron chi connectivity index (χ4n) is 2.66. The molecule has 0 heterocycles. The molecule has 0 bridgehead atoms. The molecule has 28 heavy (non-hydrogen) atoms. The van der Waals surface area contributed by atoms with Crippen LogP contribution >= 0.6 is 0 Å². The molecule has 3 aromatic carbocycles. The molecule has 3 N–H and O–H groups in total. The molecule has 0 saturated heterocycles. The van der Waals surface area contributed by atoms with Gasteiger partial charge in [0.2, 0.25) is 10.0 Å². The number of para-hydroxylation sites is 1. The van der Waals surface area contributed by atoms with Crippen molar-refractivity contribution in [3.05, 3.63) is 89.5 Å². The molecule has 0 saturated carbocycles. The predicted molar refractivity (Wildman–Crippen MR) is 107 cm³/mol. The summed E-state index contributed by atoms with van der Waals surface area (Å²) in [6.45, 7) is 0.860. The minimum Gasteiger partial charge on any atom is -0.489 e. The van der Waals surface area contributed by atoms with Gasteiger partial charge >= 0.3 is 0 Å². The van der Waals surface area contributed by atoms with Crippen molar-refractivity contribution in [2.75, 3.05) is 5.32 Å². The number of nitrogens with two attached hydrogens (primary N) is 1. The van der Waals surface area contributed by atoms with Crippen molar-refractivity contribution in [1.82, 2.24) is 0 Å². The highest BCUT2D eigenvalue weighted by Gasteiger charge is 2.12.